The summed E-state index contributed by atoms with van der Waals surface area (Å²) in [5.74, 6) is 0. The van der Waals surface area contributed by atoms with Gasteiger partial charge in [-0.25, -0.2) is 0 Å². The first-order chi connectivity index (χ1) is 6.94. The number of rotatable bonds is 4. The fraction of sp³-hybridized carbons (Fsp3) is 0.571. The lowest BCUT2D eigenvalue weighted by molar-refractivity contribution is 0.338. The maximum Gasteiger partial charge on any atom is -0.00721 e. The molecule has 15 heavy (non-hydrogen) atoms. The van der Waals surface area contributed by atoms with Crippen LogP contribution in [-0.4, -0.2) is 6.54 Å². The van der Waals surface area contributed by atoms with Gasteiger partial charge in [0.2, 0.25) is 0 Å². The number of hydrogen-bond donors (Lipinski definition) is 1. The predicted octanol–water partition coefficient (Wildman–Crippen LogP) is 3.22. The van der Waals surface area contributed by atoms with Crippen molar-refractivity contribution in [2.45, 2.75) is 40.5 Å². The molecular weight excluding hydrogens is 182 g/mol. The highest BCUT2D eigenvalue weighted by atomic mass is 14.5. The molecule has 0 saturated heterocycles. The Hall–Kier alpha value is -0.820. The molecule has 1 nitrogen and oxygen atoms in total. The van der Waals surface area contributed by atoms with E-state index in [1.54, 1.807) is 0 Å². The molecule has 84 valence electrons. The summed E-state index contributed by atoms with van der Waals surface area (Å²) >= 11 is 0. The number of nitrogens with two attached hydrogens (primary N) is 1. The predicted molar refractivity (Wildman–Crippen MR) is 67.1 cm³/mol. The normalized spacial score (nSPS) is 11.8. The van der Waals surface area contributed by atoms with Crippen molar-refractivity contribution in [2.75, 3.05) is 6.54 Å². The molecule has 0 bridgehead atoms. The molecule has 0 radical (unpaired) electrons. The van der Waals surface area contributed by atoms with Gasteiger partial charge < -0.3 is 5.73 Å². The minimum absolute atomic E-state index is 0.313. The SMILES string of the molecule is Cc1ccc(C)c(CC(C)(C)CCN)c1. The van der Waals surface area contributed by atoms with Crippen molar-refractivity contribution in [3.8, 4) is 0 Å². The molecule has 0 unspecified atom stereocenters. The Labute approximate surface area is 93.7 Å². The van der Waals surface area contributed by atoms with E-state index < -0.39 is 0 Å². The fourth-order valence-corrected chi connectivity index (χ4v) is 1.99. The Kier molecular flexibility index (Phi) is 3.92. The highest BCUT2D eigenvalue weighted by molar-refractivity contribution is 5.31. The Morgan fingerprint density at radius 2 is 1.87 bits per heavy atom. The molecule has 0 spiro atoms. The largest absolute Gasteiger partial charge is 0.330 e. The molecule has 0 aliphatic carbocycles. The van der Waals surface area contributed by atoms with Gasteiger partial charge in [-0.3, -0.25) is 0 Å². The third-order valence-electron chi connectivity index (χ3n) is 2.99. The Balaban J connectivity index is 2.83. The lowest BCUT2D eigenvalue weighted by atomic mass is 9.81. The Morgan fingerprint density at radius 1 is 1.20 bits per heavy atom. The van der Waals surface area contributed by atoms with Crippen molar-refractivity contribution in [3.63, 3.8) is 0 Å². The Bertz CT molecular complexity index is 326. The summed E-state index contributed by atoms with van der Waals surface area (Å²) in [4.78, 5) is 0. The first-order valence-electron chi connectivity index (χ1n) is 5.71. The van der Waals surface area contributed by atoms with Gasteiger partial charge in [-0.2, -0.15) is 0 Å². The summed E-state index contributed by atoms with van der Waals surface area (Å²) in [5, 5.41) is 0. The summed E-state index contributed by atoms with van der Waals surface area (Å²) in [6.07, 6.45) is 2.21. The molecule has 1 aromatic rings. The maximum absolute atomic E-state index is 5.64. The molecule has 0 heterocycles. The van der Waals surface area contributed by atoms with E-state index in [1.807, 2.05) is 0 Å². The van der Waals surface area contributed by atoms with E-state index in [4.69, 9.17) is 5.73 Å². The molecule has 0 aromatic heterocycles. The molecule has 0 saturated carbocycles. The van der Waals surface area contributed by atoms with Crippen molar-refractivity contribution >= 4 is 0 Å². The molecule has 1 aromatic carbocycles. The van der Waals surface area contributed by atoms with Crippen molar-refractivity contribution in [1.29, 1.82) is 0 Å². The topological polar surface area (TPSA) is 26.0 Å². The van der Waals surface area contributed by atoms with Gasteiger partial charge in [0.25, 0.3) is 0 Å². The minimum Gasteiger partial charge on any atom is -0.330 e. The molecule has 0 aliphatic heterocycles. The summed E-state index contributed by atoms with van der Waals surface area (Å²) in [6.45, 7) is 9.70. The van der Waals surface area contributed by atoms with Gasteiger partial charge in [0.15, 0.2) is 0 Å². The molecule has 1 rings (SSSR count). The van der Waals surface area contributed by atoms with Crippen LogP contribution in [0.3, 0.4) is 0 Å². The van der Waals surface area contributed by atoms with E-state index >= 15 is 0 Å². The number of aryl methyl sites for hydroxylation is 2. The monoisotopic (exact) mass is 205 g/mol. The molecule has 0 atom stereocenters. The fourth-order valence-electron chi connectivity index (χ4n) is 1.99. The first kappa shape index (κ1) is 12.3. The number of benzene rings is 1. The van der Waals surface area contributed by atoms with Crippen molar-refractivity contribution in [3.05, 3.63) is 34.9 Å². The van der Waals surface area contributed by atoms with E-state index in [9.17, 15) is 0 Å². The second-order valence-corrected chi connectivity index (χ2v) is 5.31. The van der Waals surface area contributed by atoms with E-state index in [1.165, 1.54) is 16.7 Å². The van der Waals surface area contributed by atoms with E-state index in [2.05, 4.69) is 45.9 Å². The van der Waals surface area contributed by atoms with Gasteiger partial charge in [-0.15, -0.1) is 0 Å². The first-order valence-corrected chi connectivity index (χ1v) is 5.71. The van der Waals surface area contributed by atoms with E-state index in [0.29, 0.717) is 5.41 Å². The Morgan fingerprint density at radius 3 is 2.47 bits per heavy atom. The molecule has 0 fully saturated rings. The van der Waals surface area contributed by atoms with Crippen LogP contribution in [-0.2, 0) is 6.42 Å². The lowest BCUT2D eigenvalue weighted by Crippen LogP contribution is -2.20. The smallest absolute Gasteiger partial charge is 0.00721 e. The van der Waals surface area contributed by atoms with Crippen LogP contribution in [0.4, 0.5) is 0 Å². The van der Waals surface area contributed by atoms with Gasteiger partial charge in [0.1, 0.15) is 0 Å². The van der Waals surface area contributed by atoms with E-state index in [-0.39, 0.29) is 0 Å². The molecule has 0 amide bonds. The molecule has 0 aliphatic rings. The standard InChI is InChI=1S/C14H23N/c1-11-5-6-12(2)13(9-11)10-14(3,4)7-8-15/h5-6,9H,7-8,10,15H2,1-4H3. The van der Waals surface area contributed by atoms with Crippen LogP contribution in [0.2, 0.25) is 0 Å². The molecular formula is C14H23N. The summed E-state index contributed by atoms with van der Waals surface area (Å²) in [5.41, 5.74) is 10.2. The van der Waals surface area contributed by atoms with Crippen LogP contribution >= 0.6 is 0 Å². The quantitative estimate of drug-likeness (QED) is 0.802. The zero-order valence-corrected chi connectivity index (χ0v) is 10.4. The van der Waals surface area contributed by atoms with Gasteiger partial charge in [0.05, 0.1) is 0 Å². The lowest BCUT2D eigenvalue weighted by Gasteiger charge is -2.25. The minimum atomic E-state index is 0.313. The third-order valence-corrected chi connectivity index (χ3v) is 2.99. The van der Waals surface area contributed by atoms with Crippen LogP contribution in [0.25, 0.3) is 0 Å². The maximum atomic E-state index is 5.64. The highest BCUT2D eigenvalue weighted by Crippen LogP contribution is 2.27. The highest BCUT2D eigenvalue weighted by Gasteiger charge is 2.18. The average Bonchev–Trinajstić information content (AvgIpc) is 2.10. The van der Waals surface area contributed by atoms with Crippen LogP contribution < -0.4 is 5.73 Å². The van der Waals surface area contributed by atoms with Crippen molar-refractivity contribution in [1.82, 2.24) is 0 Å². The molecule has 1 heteroatoms. The zero-order valence-electron chi connectivity index (χ0n) is 10.4. The van der Waals surface area contributed by atoms with Crippen molar-refractivity contribution in [2.24, 2.45) is 11.1 Å². The average molecular weight is 205 g/mol. The molecule has 2 N–H and O–H groups in total. The van der Waals surface area contributed by atoms with Crippen molar-refractivity contribution < 1.29 is 0 Å². The second-order valence-electron chi connectivity index (χ2n) is 5.31. The van der Waals surface area contributed by atoms with Crippen LogP contribution in [0.15, 0.2) is 18.2 Å². The summed E-state index contributed by atoms with van der Waals surface area (Å²) < 4.78 is 0. The zero-order chi connectivity index (χ0) is 11.5. The van der Waals surface area contributed by atoms with Gasteiger partial charge in [0, 0.05) is 0 Å². The number of hydrogen-bond acceptors (Lipinski definition) is 1. The van der Waals surface area contributed by atoms with Crippen LogP contribution in [0.5, 0.6) is 0 Å². The van der Waals surface area contributed by atoms with E-state index in [0.717, 1.165) is 19.4 Å². The van der Waals surface area contributed by atoms with Gasteiger partial charge in [-0.05, 0) is 49.8 Å². The van der Waals surface area contributed by atoms with Gasteiger partial charge >= 0.3 is 0 Å². The summed E-state index contributed by atoms with van der Waals surface area (Å²) in [7, 11) is 0. The third kappa shape index (κ3) is 3.67. The second kappa shape index (κ2) is 4.80. The summed E-state index contributed by atoms with van der Waals surface area (Å²) in [6, 6.07) is 6.69. The van der Waals surface area contributed by atoms with Gasteiger partial charge in [-0.1, -0.05) is 37.6 Å². The van der Waals surface area contributed by atoms with Crippen LogP contribution in [0, 0.1) is 19.3 Å². The van der Waals surface area contributed by atoms with Crippen LogP contribution in [0.1, 0.15) is 37.0 Å².